The highest BCUT2D eigenvalue weighted by molar-refractivity contribution is 5.13. The molecule has 0 amide bonds. The molecule has 0 radical (unpaired) electrons. The van der Waals surface area contributed by atoms with Crippen molar-refractivity contribution < 1.29 is 0 Å². The molecule has 20 heavy (non-hydrogen) atoms. The second kappa shape index (κ2) is 8.41. The first-order valence-corrected chi connectivity index (χ1v) is 8.43. The summed E-state index contributed by atoms with van der Waals surface area (Å²) in [4.78, 5) is 4.56. The van der Waals surface area contributed by atoms with Gasteiger partial charge in [-0.3, -0.25) is 4.98 Å². The summed E-state index contributed by atoms with van der Waals surface area (Å²) in [6, 6.07) is 4.95. The molecule has 1 aliphatic rings. The van der Waals surface area contributed by atoms with E-state index >= 15 is 0 Å². The first-order chi connectivity index (χ1) is 9.78. The summed E-state index contributed by atoms with van der Waals surface area (Å²) < 4.78 is 0. The van der Waals surface area contributed by atoms with Gasteiger partial charge in [-0.15, -0.1) is 0 Å². The van der Waals surface area contributed by atoms with E-state index in [1.807, 2.05) is 6.20 Å². The Hall–Kier alpha value is -0.890. The Balaban J connectivity index is 1.81. The quantitative estimate of drug-likeness (QED) is 0.803. The van der Waals surface area contributed by atoms with Crippen LogP contribution in [-0.4, -0.2) is 17.6 Å². The highest BCUT2D eigenvalue weighted by atomic mass is 14.9. The van der Waals surface area contributed by atoms with Gasteiger partial charge in [-0.05, 0) is 43.9 Å². The summed E-state index contributed by atoms with van der Waals surface area (Å²) in [5, 5.41) is 3.65. The van der Waals surface area contributed by atoms with Crippen LogP contribution >= 0.6 is 0 Å². The van der Waals surface area contributed by atoms with E-state index in [2.05, 4.69) is 36.3 Å². The molecule has 2 heteroatoms. The number of pyridine rings is 1. The molecule has 0 aliphatic heterocycles. The van der Waals surface area contributed by atoms with Gasteiger partial charge in [0, 0.05) is 24.4 Å². The van der Waals surface area contributed by atoms with Crippen molar-refractivity contribution in [2.75, 3.05) is 6.54 Å². The number of aromatic nitrogens is 1. The lowest BCUT2D eigenvalue weighted by Gasteiger charge is -2.24. The summed E-state index contributed by atoms with van der Waals surface area (Å²) in [6.07, 6.45) is 13.0. The normalized spacial score (nSPS) is 18.1. The van der Waals surface area contributed by atoms with Gasteiger partial charge in [0.15, 0.2) is 0 Å². The van der Waals surface area contributed by atoms with Gasteiger partial charge in [-0.2, -0.15) is 0 Å². The lowest BCUT2D eigenvalue weighted by Crippen LogP contribution is -2.32. The maximum absolute atomic E-state index is 4.56. The van der Waals surface area contributed by atoms with Crippen LogP contribution in [0.1, 0.15) is 63.1 Å². The SMILES string of the molecule is CCNC(CCC1CCCCC1)Cc1ccc(C)cn1. The topological polar surface area (TPSA) is 24.9 Å². The first kappa shape index (κ1) is 15.5. The number of rotatable bonds is 7. The van der Waals surface area contributed by atoms with Gasteiger partial charge in [-0.1, -0.05) is 45.1 Å². The fourth-order valence-corrected chi connectivity index (χ4v) is 3.35. The van der Waals surface area contributed by atoms with Gasteiger partial charge in [0.25, 0.3) is 0 Å². The zero-order valence-electron chi connectivity index (χ0n) is 13.2. The Kier molecular flexibility index (Phi) is 6.52. The first-order valence-electron chi connectivity index (χ1n) is 8.43. The minimum Gasteiger partial charge on any atom is -0.314 e. The van der Waals surface area contributed by atoms with Crippen molar-refractivity contribution in [3.8, 4) is 0 Å². The number of nitrogens with one attached hydrogen (secondary N) is 1. The van der Waals surface area contributed by atoms with Crippen molar-refractivity contribution in [1.82, 2.24) is 10.3 Å². The van der Waals surface area contributed by atoms with E-state index in [4.69, 9.17) is 0 Å². The monoisotopic (exact) mass is 274 g/mol. The average molecular weight is 274 g/mol. The molecule has 2 nitrogen and oxygen atoms in total. The summed E-state index contributed by atoms with van der Waals surface area (Å²) >= 11 is 0. The summed E-state index contributed by atoms with van der Waals surface area (Å²) in [5.74, 6) is 0.982. The maximum Gasteiger partial charge on any atom is 0.0419 e. The van der Waals surface area contributed by atoms with Crippen molar-refractivity contribution in [3.63, 3.8) is 0 Å². The molecule has 1 aromatic rings. The number of aryl methyl sites for hydroxylation is 1. The van der Waals surface area contributed by atoms with Crippen molar-refractivity contribution in [3.05, 3.63) is 29.6 Å². The third-order valence-corrected chi connectivity index (χ3v) is 4.57. The number of hydrogen-bond donors (Lipinski definition) is 1. The molecule has 1 atom stereocenters. The third kappa shape index (κ3) is 5.24. The minimum absolute atomic E-state index is 0.595. The zero-order chi connectivity index (χ0) is 14.2. The number of likely N-dealkylation sites (N-methyl/N-ethyl adjacent to an activating group) is 1. The van der Waals surface area contributed by atoms with Crippen LogP contribution in [0.2, 0.25) is 0 Å². The highest BCUT2D eigenvalue weighted by Gasteiger charge is 2.16. The smallest absolute Gasteiger partial charge is 0.0419 e. The minimum atomic E-state index is 0.595. The molecule has 1 aliphatic carbocycles. The average Bonchev–Trinajstić information content (AvgIpc) is 2.48. The van der Waals surface area contributed by atoms with Crippen LogP contribution in [0.5, 0.6) is 0 Å². The Morgan fingerprint density at radius 2 is 2.05 bits per heavy atom. The van der Waals surface area contributed by atoms with Gasteiger partial charge in [0.2, 0.25) is 0 Å². The second-order valence-electron chi connectivity index (χ2n) is 6.37. The summed E-state index contributed by atoms with van der Waals surface area (Å²) in [5.41, 5.74) is 2.47. The van der Waals surface area contributed by atoms with Gasteiger partial charge in [-0.25, -0.2) is 0 Å². The fourth-order valence-electron chi connectivity index (χ4n) is 3.35. The van der Waals surface area contributed by atoms with Crippen LogP contribution in [0.4, 0.5) is 0 Å². The Bertz CT molecular complexity index is 366. The molecule has 1 unspecified atom stereocenters. The highest BCUT2D eigenvalue weighted by Crippen LogP contribution is 2.28. The molecule has 1 fully saturated rings. The van der Waals surface area contributed by atoms with E-state index in [0.29, 0.717) is 6.04 Å². The largest absolute Gasteiger partial charge is 0.314 e. The van der Waals surface area contributed by atoms with Crippen molar-refractivity contribution in [2.45, 2.75) is 71.3 Å². The second-order valence-corrected chi connectivity index (χ2v) is 6.37. The lowest BCUT2D eigenvalue weighted by molar-refractivity contribution is 0.313. The van der Waals surface area contributed by atoms with Crippen molar-refractivity contribution in [1.29, 1.82) is 0 Å². The molecule has 1 aromatic heterocycles. The van der Waals surface area contributed by atoms with E-state index in [1.54, 1.807) is 0 Å². The van der Waals surface area contributed by atoms with Crippen LogP contribution in [0.25, 0.3) is 0 Å². The molecular weight excluding hydrogens is 244 g/mol. The molecule has 0 saturated heterocycles. The van der Waals surface area contributed by atoms with Gasteiger partial charge in [0.05, 0.1) is 0 Å². The van der Waals surface area contributed by atoms with Crippen LogP contribution in [0.3, 0.4) is 0 Å². The van der Waals surface area contributed by atoms with E-state index in [0.717, 1.165) is 18.9 Å². The standard InChI is InChI=1S/C18H30N2/c1-3-19-17(12-10-16-7-5-4-6-8-16)13-18-11-9-15(2)14-20-18/h9,11,14,16-17,19H,3-8,10,12-13H2,1-2H3. The fraction of sp³-hybridized carbons (Fsp3) is 0.722. The lowest BCUT2D eigenvalue weighted by atomic mass is 9.85. The van der Waals surface area contributed by atoms with E-state index < -0.39 is 0 Å². The molecule has 0 aromatic carbocycles. The van der Waals surface area contributed by atoms with Gasteiger partial charge >= 0.3 is 0 Å². The molecule has 0 spiro atoms. The predicted molar refractivity (Wildman–Crippen MR) is 86.0 cm³/mol. The van der Waals surface area contributed by atoms with Crippen LogP contribution in [0, 0.1) is 12.8 Å². The molecule has 1 heterocycles. The molecule has 1 saturated carbocycles. The van der Waals surface area contributed by atoms with Crippen molar-refractivity contribution >= 4 is 0 Å². The van der Waals surface area contributed by atoms with Crippen LogP contribution < -0.4 is 5.32 Å². The van der Waals surface area contributed by atoms with Crippen molar-refractivity contribution in [2.24, 2.45) is 5.92 Å². The molecule has 112 valence electrons. The molecule has 2 rings (SSSR count). The molecule has 1 N–H and O–H groups in total. The van der Waals surface area contributed by atoms with E-state index in [-0.39, 0.29) is 0 Å². The Labute approximate surface area is 124 Å². The number of hydrogen-bond acceptors (Lipinski definition) is 2. The van der Waals surface area contributed by atoms with Crippen LogP contribution in [-0.2, 0) is 6.42 Å². The Morgan fingerprint density at radius 1 is 1.25 bits per heavy atom. The molecular formula is C18H30N2. The predicted octanol–water partition coefficient (Wildman–Crippen LogP) is 4.27. The zero-order valence-corrected chi connectivity index (χ0v) is 13.2. The summed E-state index contributed by atoms with van der Waals surface area (Å²) in [6.45, 7) is 5.36. The van der Waals surface area contributed by atoms with Crippen LogP contribution in [0.15, 0.2) is 18.3 Å². The summed E-state index contributed by atoms with van der Waals surface area (Å²) in [7, 11) is 0. The van der Waals surface area contributed by atoms with E-state index in [9.17, 15) is 0 Å². The van der Waals surface area contributed by atoms with Gasteiger partial charge in [0.1, 0.15) is 0 Å². The third-order valence-electron chi connectivity index (χ3n) is 4.57. The Morgan fingerprint density at radius 3 is 2.70 bits per heavy atom. The number of nitrogens with zero attached hydrogens (tertiary/aromatic N) is 1. The van der Waals surface area contributed by atoms with E-state index in [1.165, 1.54) is 56.2 Å². The maximum atomic E-state index is 4.56. The van der Waals surface area contributed by atoms with Gasteiger partial charge < -0.3 is 5.32 Å². The molecule has 0 bridgehead atoms.